The maximum Gasteiger partial charge on any atom is 0.224 e. The number of methoxy groups -OCH3 is 3. The molecule has 17 heavy (non-hydrogen) atoms. The molecule has 0 saturated carbocycles. The van der Waals surface area contributed by atoms with Gasteiger partial charge in [-0.05, 0) is 13.0 Å². The third-order valence-corrected chi connectivity index (χ3v) is 2.63. The van der Waals surface area contributed by atoms with Crippen LogP contribution >= 0.6 is 0 Å². The van der Waals surface area contributed by atoms with Crippen molar-refractivity contribution in [2.24, 2.45) is 5.73 Å². The van der Waals surface area contributed by atoms with Crippen molar-refractivity contribution in [2.75, 3.05) is 21.3 Å². The van der Waals surface area contributed by atoms with E-state index in [2.05, 4.69) is 0 Å². The molecule has 1 amide bonds. The van der Waals surface area contributed by atoms with E-state index in [1.165, 1.54) is 21.3 Å². The molecule has 5 heteroatoms. The number of hydrogen-bond donors (Lipinski definition) is 1. The lowest BCUT2D eigenvalue weighted by Gasteiger charge is -2.17. The van der Waals surface area contributed by atoms with E-state index in [1.807, 2.05) is 0 Å². The Labute approximate surface area is 100 Å². The second-order valence-electron chi connectivity index (χ2n) is 3.55. The van der Waals surface area contributed by atoms with Crippen LogP contribution in [0.5, 0.6) is 17.2 Å². The number of nitrogens with two attached hydrogens (primary N) is 1. The molecule has 94 valence electrons. The summed E-state index contributed by atoms with van der Waals surface area (Å²) in [7, 11) is 4.56. The van der Waals surface area contributed by atoms with Gasteiger partial charge in [0.25, 0.3) is 0 Å². The smallest absolute Gasteiger partial charge is 0.224 e. The number of rotatable bonds is 5. The van der Waals surface area contributed by atoms with E-state index < -0.39 is 11.8 Å². The zero-order valence-corrected chi connectivity index (χ0v) is 10.4. The van der Waals surface area contributed by atoms with Crippen LogP contribution in [0.25, 0.3) is 0 Å². The highest BCUT2D eigenvalue weighted by Gasteiger charge is 2.22. The first-order valence-corrected chi connectivity index (χ1v) is 5.15. The SMILES string of the molecule is COc1ccc(C(C)C(N)=O)c(OC)c1OC. The predicted octanol–water partition coefficient (Wildman–Crippen LogP) is 1.30. The van der Waals surface area contributed by atoms with Gasteiger partial charge in [-0.25, -0.2) is 0 Å². The topological polar surface area (TPSA) is 70.8 Å². The highest BCUT2D eigenvalue weighted by molar-refractivity contribution is 5.83. The lowest BCUT2D eigenvalue weighted by Crippen LogP contribution is -2.19. The molecule has 1 aromatic rings. The van der Waals surface area contributed by atoms with Crippen LogP contribution in [0.4, 0.5) is 0 Å². The number of benzene rings is 1. The molecule has 0 fully saturated rings. The van der Waals surface area contributed by atoms with Crippen molar-refractivity contribution in [1.82, 2.24) is 0 Å². The number of amides is 1. The second kappa shape index (κ2) is 5.43. The minimum Gasteiger partial charge on any atom is -0.493 e. The van der Waals surface area contributed by atoms with Crippen molar-refractivity contribution >= 4 is 5.91 Å². The van der Waals surface area contributed by atoms with Gasteiger partial charge in [0.15, 0.2) is 11.5 Å². The van der Waals surface area contributed by atoms with Gasteiger partial charge < -0.3 is 19.9 Å². The highest BCUT2D eigenvalue weighted by Crippen LogP contribution is 2.42. The van der Waals surface area contributed by atoms with Gasteiger partial charge in [-0.1, -0.05) is 6.07 Å². The number of primary amides is 1. The molecule has 1 atom stereocenters. The van der Waals surface area contributed by atoms with Crippen molar-refractivity contribution in [1.29, 1.82) is 0 Å². The molecular weight excluding hydrogens is 222 g/mol. The Kier molecular flexibility index (Phi) is 4.20. The molecule has 0 aliphatic heterocycles. The van der Waals surface area contributed by atoms with E-state index >= 15 is 0 Å². The molecule has 1 aromatic carbocycles. The first-order valence-electron chi connectivity index (χ1n) is 5.15. The van der Waals surface area contributed by atoms with Gasteiger partial charge in [0.1, 0.15) is 0 Å². The van der Waals surface area contributed by atoms with Crippen LogP contribution in [0.3, 0.4) is 0 Å². The van der Waals surface area contributed by atoms with E-state index in [4.69, 9.17) is 19.9 Å². The van der Waals surface area contributed by atoms with Crippen LogP contribution < -0.4 is 19.9 Å². The standard InChI is InChI=1S/C12H17NO4/c1-7(12(13)14)8-5-6-9(15-2)11(17-4)10(8)16-3/h5-7H,1-4H3,(H2,13,14). The Morgan fingerprint density at radius 1 is 1.12 bits per heavy atom. The van der Waals surface area contributed by atoms with Crippen molar-refractivity contribution in [3.05, 3.63) is 17.7 Å². The van der Waals surface area contributed by atoms with Crippen LogP contribution in [0.2, 0.25) is 0 Å². The Bertz CT molecular complexity index is 417. The predicted molar refractivity (Wildman–Crippen MR) is 63.7 cm³/mol. The maximum atomic E-state index is 11.2. The van der Waals surface area contributed by atoms with Gasteiger partial charge in [0, 0.05) is 5.56 Å². The largest absolute Gasteiger partial charge is 0.493 e. The molecule has 1 rings (SSSR count). The lowest BCUT2D eigenvalue weighted by atomic mass is 9.99. The van der Waals surface area contributed by atoms with Gasteiger partial charge in [0.05, 0.1) is 27.2 Å². The summed E-state index contributed by atoms with van der Waals surface area (Å²) in [5.74, 6) is 0.601. The minimum absolute atomic E-state index is 0.421. The fourth-order valence-corrected chi connectivity index (χ4v) is 1.62. The molecule has 1 unspecified atom stereocenters. The molecule has 5 nitrogen and oxygen atoms in total. The first-order chi connectivity index (χ1) is 8.06. The molecule has 0 aromatic heterocycles. The van der Waals surface area contributed by atoms with E-state index in [0.29, 0.717) is 22.8 Å². The summed E-state index contributed by atoms with van der Waals surface area (Å²) in [5.41, 5.74) is 5.97. The average Bonchev–Trinajstić information content (AvgIpc) is 2.35. The molecule has 0 bridgehead atoms. The van der Waals surface area contributed by atoms with Crippen LogP contribution in [0, 0.1) is 0 Å². The van der Waals surface area contributed by atoms with Crippen LogP contribution in [-0.2, 0) is 4.79 Å². The average molecular weight is 239 g/mol. The quantitative estimate of drug-likeness (QED) is 0.840. The summed E-state index contributed by atoms with van der Waals surface area (Å²) < 4.78 is 15.6. The number of carbonyl (C=O) groups is 1. The molecular formula is C12H17NO4. The highest BCUT2D eigenvalue weighted by atomic mass is 16.5. The van der Waals surface area contributed by atoms with E-state index in [0.717, 1.165) is 0 Å². The van der Waals surface area contributed by atoms with E-state index in [1.54, 1.807) is 19.1 Å². The van der Waals surface area contributed by atoms with Gasteiger partial charge in [-0.2, -0.15) is 0 Å². The van der Waals surface area contributed by atoms with Crippen molar-refractivity contribution < 1.29 is 19.0 Å². The monoisotopic (exact) mass is 239 g/mol. The van der Waals surface area contributed by atoms with Gasteiger partial charge >= 0.3 is 0 Å². The first kappa shape index (κ1) is 13.2. The summed E-state index contributed by atoms with van der Waals surface area (Å²) in [6, 6.07) is 3.46. The maximum absolute atomic E-state index is 11.2. The number of hydrogen-bond acceptors (Lipinski definition) is 4. The Morgan fingerprint density at radius 2 is 1.71 bits per heavy atom. The minimum atomic E-state index is -0.454. The Balaban J connectivity index is 3.37. The summed E-state index contributed by atoms with van der Waals surface area (Å²) in [5, 5.41) is 0. The molecule has 0 heterocycles. The zero-order chi connectivity index (χ0) is 13.0. The third-order valence-electron chi connectivity index (χ3n) is 2.63. The third kappa shape index (κ3) is 2.43. The second-order valence-corrected chi connectivity index (χ2v) is 3.55. The van der Waals surface area contributed by atoms with Crippen molar-refractivity contribution in [2.45, 2.75) is 12.8 Å². The summed E-state index contributed by atoms with van der Waals surface area (Å²) in [4.78, 5) is 11.2. The van der Waals surface area contributed by atoms with Crippen LogP contribution in [0.15, 0.2) is 12.1 Å². The van der Waals surface area contributed by atoms with Crippen molar-refractivity contribution in [3.8, 4) is 17.2 Å². The normalized spacial score (nSPS) is 11.8. The molecule has 0 radical (unpaired) electrons. The summed E-state index contributed by atoms with van der Waals surface area (Å²) in [6.07, 6.45) is 0. The van der Waals surface area contributed by atoms with E-state index in [-0.39, 0.29) is 0 Å². The molecule has 0 saturated heterocycles. The van der Waals surface area contributed by atoms with Crippen LogP contribution in [-0.4, -0.2) is 27.2 Å². The fraction of sp³-hybridized carbons (Fsp3) is 0.417. The summed E-state index contributed by atoms with van der Waals surface area (Å²) in [6.45, 7) is 1.71. The Hall–Kier alpha value is -1.91. The number of carbonyl (C=O) groups excluding carboxylic acids is 1. The van der Waals surface area contributed by atoms with Crippen LogP contribution in [0.1, 0.15) is 18.4 Å². The molecule has 2 N–H and O–H groups in total. The summed E-state index contributed by atoms with van der Waals surface area (Å²) >= 11 is 0. The van der Waals surface area contributed by atoms with Gasteiger partial charge in [-0.15, -0.1) is 0 Å². The van der Waals surface area contributed by atoms with Gasteiger partial charge in [-0.3, -0.25) is 4.79 Å². The van der Waals surface area contributed by atoms with Gasteiger partial charge in [0.2, 0.25) is 11.7 Å². The lowest BCUT2D eigenvalue weighted by molar-refractivity contribution is -0.119. The molecule has 0 aliphatic carbocycles. The fourth-order valence-electron chi connectivity index (χ4n) is 1.62. The zero-order valence-electron chi connectivity index (χ0n) is 10.4. The number of ether oxygens (including phenoxy) is 3. The molecule has 0 spiro atoms. The van der Waals surface area contributed by atoms with E-state index in [9.17, 15) is 4.79 Å². The molecule has 0 aliphatic rings. The Morgan fingerprint density at radius 3 is 2.12 bits per heavy atom. The van der Waals surface area contributed by atoms with Crippen molar-refractivity contribution in [3.63, 3.8) is 0 Å².